The molecule has 3 aromatic rings. The average molecular weight is 358 g/mol. The van der Waals surface area contributed by atoms with Crippen molar-refractivity contribution in [3.8, 4) is 16.9 Å². The fraction of sp³-hybridized carbons (Fsp3) is 0.130. The van der Waals surface area contributed by atoms with Gasteiger partial charge in [0.2, 0.25) is 0 Å². The van der Waals surface area contributed by atoms with Crippen LogP contribution in [0.3, 0.4) is 0 Å². The Morgan fingerprint density at radius 2 is 1.56 bits per heavy atom. The molecule has 0 heterocycles. The fourth-order valence-corrected chi connectivity index (χ4v) is 2.53. The van der Waals surface area contributed by atoms with Crippen molar-refractivity contribution in [2.75, 3.05) is 0 Å². The summed E-state index contributed by atoms with van der Waals surface area (Å²) in [6.07, 6.45) is 0.960. The molecule has 27 heavy (non-hydrogen) atoms. The SMILES string of the molecule is Cc1ccc(/C=N\NC(=O)[C@H](C)Oc2ccc(-c3ccccc3)cc2)cc1. The maximum absolute atomic E-state index is 12.1. The van der Waals surface area contributed by atoms with Crippen LogP contribution in [0.2, 0.25) is 0 Å². The van der Waals surface area contributed by atoms with E-state index in [1.165, 1.54) is 5.56 Å². The minimum absolute atomic E-state index is 0.300. The van der Waals surface area contributed by atoms with Crippen molar-refractivity contribution in [1.29, 1.82) is 0 Å². The van der Waals surface area contributed by atoms with E-state index in [-0.39, 0.29) is 5.91 Å². The van der Waals surface area contributed by atoms with E-state index in [9.17, 15) is 4.79 Å². The summed E-state index contributed by atoms with van der Waals surface area (Å²) in [4.78, 5) is 12.1. The van der Waals surface area contributed by atoms with Crippen LogP contribution in [0.5, 0.6) is 5.75 Å². The number of hydrogen-bond donors (Lipinski definition) is 1. The highest BCUT2D eigenvalue weighted by atomic mass is 16.5. The van der Waals surface area contributed by atoms with E-state index in [2.05, 4.69) is 22.7 Å². The normalized spacial score (nSPS) is 11.9. The van der Waals surface area contributed by atoms with Crippen LogP contribution in [0.25, 0.3) is 11.1 Å². The van der Waals surface area contributed by atoms with E-state index >= 15 is 0 Å². The third-order valence-corrected chi connectivity index (χ3v) is 4.11. The zero-order valence-electron chi connectivity index (χ0n) is 15.4. The lowest BCUT2D eigenvalue weighted by molar-refractivity contribution is -0.127. The second-order valence-electron chi connectivity index (χ2n) is 6.30. The van der Waals surface area contributed by atoms with E-state index in [0.29, 0.717) is 5.75 Å². The maximum Gasteiger partial charge on any atom is 0.280 e. The zero-order valence-corrected chi connectivity index (χ0v) is 15.4. The standard InChI is InChI=1S/C23H22N2O2/c1-17-8-10-19(11-9-17)16-24-25-23(26)18(2)27-22-14-12-21(13-15-22)20-6-4-3-5-7-20/h3-16,18H,1-2H3,(H,25,26)/b24-16-/t18-/m0/s1. The molecule has 1 N–H and O–H groups in total. The van der Waals surface area contributed by atoms with Crippen LogP contribution in [-0.4, -0.2) is 18.2 Å². The number of aryl methyl sites for hydroxylation is 1. The van der Waals surface area contributed by atoms with Gasteiger partial charge in [-0.3, -0.25) is 4.79 Å². The van der Waals surface area contributed by atoms with Crippen molar-refractivity contribution in [2.45, 2.75) is 20.0 Å². The molecule has 3 rings (SSSR count). The Balaban J connectivity index is 1.54. The summed E-state index contributed by atoms with van der Waals surface area (Å²) in [6, 6.07) is 25.7. The largest absolute Gasteiger partial charge is 0.481 e. The number of ether oxygens (including phenoxy) is 1. The lowest BCUT2D eigenvalue weighted by atomic mass is 10.1. The Kier molecular flexibility index (Phi) is 6.00. The van der Waals surface area contributed by atoms with Gasteiger partial charge in [-0.25, -0.2) is 5.43 Å². The average Bonchev–Trinajstić information content (AvgIpc) is 2.70. The molecule has 0 spiro atoms. The summed E-state index contributed by atoms with van der Waals surface area (Å²) in [7, 11) is 0. The molecule has 0 aromatic heterocycles. The number of amides is 1. The predicted octanol–water partition coefficient (Wildman–Crippen LogP) is 4.58. The van der Waals surface area contributed by atoms with Gasteiger partial charge in [-0.15, -0.1) is 0 Å². The molecule has 136 valence electrons. The summed E-state index contributed by atoms with van der Waals surface area (Å²) in [6.45, 7) is 3.72. The number of carbonyl (C=O) groups excluding carboxylic acids is 1. The second kappa shape index (κ2) is 8.81. The first-order valence-electron chi connectivity index (χ1n) is 8.83. The molecule has 3 aromatic carbocycles. The molecular formula is C23H22N2O2. The summed E-state index contributed by atoms with van der Waals surface area (Å²) in [5, 5.41) is 3.98. The van der Waals surface area contributed by atoms with Crippen LogP contribution in [0.1, 0.15) is 18.1 Å². The van der Waals surface area contributed by atoms with E-state index in [0.717, 1.165) is 16.7 Å². The highest BCUT2D eigenvalue weighted by Crippen LogP contribution is 2.22. The third kappa shape index (κ3) is 5.28. The molecule has 0 aliphatic heterocycles. The van der Waals surface area contributed by atoms with Gasteiger partial charge in [-0.1, -0.05) is 72.3 Å². The van der Waals surface area contributed by atoms with Gasteiger partial charge in [0.25, 0.3) is 5.91 Å². The second-order valence-corrected chi connectivity index (χ2v) is 6.30. The number of rotatable bonds is 6. The van der Waals surface area contributed by atoms with Gasteiger partial charge in [-0.05, 0) is 42.7 Å². The first-order valence-corrected chi connectivity index (χ1v) is 8.83. The van der Waals surface area contributed by atoms with Crippen molar-refractivity contribution in [1.82, 2.24) is 5.43 Å². The Labute approximate surface area is 159 Å². The molecule has 0 aliphatic rings. The van der Waals surface area contributed by atoms with E-state index in [1.54, 1.807) is 13.1 Å². The molecule has 0 fully saturated rings. The molecule has 4 heteroatoms. The molecule has 1 atom stereocenters. The molecule has 0 radical (unpaired) electrons. The first kappa shape index (κ1) is 18.4. The lowest BCUT2D eigenvalue weighted by Gasteiger charge is -2.13. The lowest BCUT2D eigenvalue weighted by Crippen LogP contribution is -2.33. The highest BCUT2D eigenvalue weighted by Gasteiger charge is 2.13. The summed E-state index contributed by atoms with van der Waals surface area (Å²) >= 11 is 0. The van der Waals surface area contributed by atoms with Gasteiger partial charge in [0.15, 0.2) is 6.10 Å². The van der Waals surface area contributed by atoms with Gasteiger partial charge >= 0.3 is 0 Å². The molecule has 4 nitrogen and oxygen atoms in total. The highest BCUT2D eigenvalue weighted by molar-refractivity contribution is 5.84. The van der Waals surface area contributed by atoms with Crippen LogP contribution in [0, 0.1) is 6.92 Å². The number of benzene rings is 3. The number of hydrazone groups is 1. The van der Waals surface area contributed by atoms with Crippen molar-refractivity contribution >= 4 is 12.1 Å². The zero-order chi connectivity index (χ0) is 19.1. The van der Waals surface area contributed by atoms with Gasteiger partial charge < -0.3 is 4.74 Å². The van der Waals surface area contributed by atoms with Crippen molar-refractivity contribution < 1.29 is 9.53 Å². The Morgan fingerprint density at radius 1 is 0.926 bits per heavy atom. The topological polar surface area (TPSA) is 50.7 Å². The minimum atomic E-state index is -0.650. The van der Waals surface area contributed by atoms with Gasteiger partial charge in [0.05, 0.1) is 6.21 Å². The molecular weight excluding hydrogens is 336 g/mol. The molecule has 0 saturated carbocycles. The number of hydrogen-bond acceptors (Lipinski definition) is 3. The summed E-state index contributed by atoms with van der Waals surface area (Å²) < 4.78 is 5.70. The summed E-state index contributed by atoms with van der Waals surface area (Å²) in [5.74, 6) is 0.338. The molecule has 0 bridgehead atoms. The van der Waals surface area contributed by atoms with Crippen molar-refractivity contribution in [2.24, 2.45) is 5.10 Å². The quantitative estimate of drug-likeness (QED) is 0.518. The Morgan fingerprint density at radius 3 is 2.22 bits per heavy atom. The number of nitrogens with zero attached hydrogens (tertiary/aromatic N) is 1. The smallest absolute Gasteiger partial charge is 0.280 e. The maximum atomic E-state index is 12.1. The van der Waals surface area contributed by atoms with Gasteiger partial charge in [-0.2, -0.15) is 5.10 Å². The third-order valence-electron chi connectivity index (χ3n) is 4.11. The molecule has 1 amide bonds. The van der Waals surface area contributed by atoms with Gasteiger partial charge in [0.1, 0.15) is 5.75 Å². The van der Waals surface area contributed by atoms with Crippen LogP contribution < -0.4 is 10.2 Å². The predicted molar refractivity (Wildman–Crippen MR) is 109 cm³/mol. The van der Waals surface area contributed by atoms with Crippen LogP contribution >= 0.6 is 0 Å². The number of carbonyl (C=O) groups is 1. The monoisotopic (exact) mass is 358 g/mol. The van der Waals surface area contributed by atoms with E-state index in [4.69, 9.17) is 4.74 Å². The van der Waals surface area contributed by atoms with E-state index < -0.39 is 6.10 Å². The summed E-state index contributed by atoms with van der Waals surface area (Å²) in [5.41, 5.74) is 6.85. The molecule has 0 aliphatic carbocycles. The van der Waals surface area contributed by atoms with Gasteiger partial charge in [0, 0.05) is 0 Å². The van der Waals surface area contributed by atoms with Crippen LogP contribution in [-0.2, 0) is 4.79 Å². The molecule has 0 unspecified atom stereocenters. The van der Waals surface area contributed by atoms with Crippen LogP contribution in [0.4, 0.5) is 0 Å². The fourth-order valence-electron chi connectivity index (χ4n) is 2.53. The van der Waals surface area contributed by atoms with Crippen molar-refractivity contribution in [3.63, 3.8) is 0 Å². The first-order chi connectivity index (χ1) is 13.1. The van der Waals surface area contributed by atoms with Crippen molar-refractivity contribution in [3.05, 3.63) is 90.0 Å². The Hall–Kier alpha value is -3.40. The minimum Gasteiger partial charge on any atom is -0.481 e. The van der Waals surface area contributed by atoms with E-state index in [1.807, 2.05) is 73.7 Å². The van der Waals surface area contributed by atoms with Crippen LogP contribution in [0.15, 0.2) is 84.0 Å². The molecule has 0 saturated heterocycles. The Bertz CT molecular complexity index is 901. The number of nitrogens with one attached hydrogen (secondary N) is 1.